The number of Topliss-reactive ketones (excluding diaryl/α,β-unsaturated/α-hetero) is 1. The fourth-order valence-electron chi connectivity index (χ4n) is 4.82. The average Bonchev–Trinajstić information content (AvgIpc) is 3.33. The van der Waals surface area contributed by atoms with Crippen LogP contribution < -0.4 is 4.76 Å². The van der Waals surface area contributed by atoms with Gasteiger partial charge >= 0.3 is 12.1 Å². The van der Waals surface area contributed by atoms with Crippen LogP contribution in [0, 0.1) is 5.82 Å². The number of hydrogen-bond acceptors (Lipinski definition) is 7. The summed E-state index contributed by atoms with van der Waals surface area (Å²) in [6.07, 6.45) is 1.04. The number of aromatic nitrogens is 3. The number of carbonyl (C=O) groups is 3. The standard InChI is InChI=1S/C27H19F4N6O4/c28-20-9-8-16(12-19(20)25(39)35-10-11-36-23(14-35)33-34-24(36)17-4-3-5-17)15-37(41-26(40)27(29,30)31)21-7-2-1-6-18(21)22(38)13-32-37/h1-9,12-13H,10-11,14-15H2/q+1. The van der Waals surface area contributed by atoms with Gasteiger partial charge in [0, 0.05) is 35.0 Å². The Kier molecular flexibility index (Phi) is 6.14. The third kappa shape index (κ3) is 4.61. The molecule has 41 heavy (non-hydrogen) atoms. The molecule has 3 aliphatic rings. The topological polar surface area (TPSA) is 107 Å². The first kappa shape index (κ1) is 26.3. The van der Waals surface area contributed by atoms with Crippen LogP contribution in [-0.4, -0.2) is 56.3 Å². The van der Waals surface area contributed by atoms with Crippen LogP contribution in [0.15, 0.2) is 65.8 Å². The van der Waals surface area contributed by atoms with Crippen molar-refractivity contribution in [3.63, 3.8) is 0 Å². The van der Waals surface area contributed by atoms with Crippen LogP contribution in [-0.2, 0) is 29.3 Å². The second-order valence-corrected chi connectivity index (χ2v) is 9.48. The summed E-state index contributed by atoms with van der Waals surface area (Å²) in [6, 6.07) is 9.00. The number of fused-ring (bicyclic) bond motifs is 2. The zero-order valence-electron chi connectivity index (χ0n) is 21.0. The number of alkyl halides is 3. The summed E-state index contributed by atoms with van der Waals surface area (Å²) in [5.41, 5.74) is 0.538. The Labute approximate surface area is 229 Å². The summed E-state index contributed by atoms with van der Waals surface area (Å²) in [6.45, 7) is 0.113. The van der Waals surface area contributed by atoms with Crippen LogP contribution in [0.1, 0.15) is 37.9 Å². The zero-order chi connectivity index (χ0) is 28.9. The minimum Gasteiger partial charge on any atom is -0.329 e. The molecule has 0 spiro atoms. The van der Waals surface area contributed by atoms with Gasteiger partial charge in [0.25, 0.3) is 5.91 Å². The van der Waals surface area contributed by atoms with Gasteiger partial charge in [0.2, 0.25) is 11.5 Å². The minimum atomic E-state index is -5.36. The van der Waals surface area contributed by atoms with Gasteiger partial charge in [-0.2, -0.15) is 13.2 Å². The summed E-state index contributed by atoms with van der Waals surface area (Å²) < 4.78 is 55.2. The predicted molar refractivity (Wildman–Crippen MR) is 135 cm³/mol. The lowest BCUT2D eigenvalue weighted by Crippen LogP contribution is -2.50. The number of carbonyl (C=O) groups excluding carboxylic acids is 3. The lowest BCUT2D eigenvalue weighted by Gasteiger charge is -2.31. The maximum atomic E-state index is 15.0. The monoisotopic (exact) mass is 567 g/mol. The molecule has 2 aromatic carbocycles. The van der Waals surface area contributed by atoms with Crippen molar-refractivity contribution >= 4 is 35.1 Å². The fourth-order valence-corrected chi connectivity index (χ4v) is 4.82. The van der Waals surface area contributed by atoms with E-state index in [-0.39, 0.29) is 35.5 Å². The van der Waals surface area contributed by atoms with Crippen LogP contribution in [0.2, 0.25) is 0 Å². The molecule has 0 fully saturated rings. The molecule has 1 aromatic heterocycles. The molecular formula is C27H19F4N6O4+. The predicted octanol–water partition coefficient (Wildman–Crippen LogP) is 3.74. The van der Waals surface area contributed by atoms with E-state index >= 15 is 0 Å². The number of halogens is 4. The zero-order valence-corrected chi connectivity index (χ0v) is 21.0. The molecule has 1 atom stereocenters. The van der Waals surface area contributed by atoms with E-state index in [0.717, 1.165) is 17.9 Å². The van der Waals surface area contributed by atoms with Crippen LogP contribution in [0.4, 0.5) is 23.2 Å². The molecule has 1 aliphatic carbocycles. The summed E-state index contributed by atoms with van der Waals surface area (Å²) in [4.78, 5) is 44.0. The molecule has 0 saturated heterocycles. The van der Waals surface area contributed by atoms with Gasteiger partial charge in [0.15, 0.2) is 18.2 Å². The Morgan fingerprint density at radius 3 is 2.59 bits per heavy atom. The van der Waals surface area contributed by atoms with Crippen molar-refractivity contribution in [2.75, 3.05) is 6.54 Å². The number of quaternary nitrogens is 1. The minimum absolute atomic E-state index is 0.0270. The molecule has 6 rings (SSSR count). The van der Waals surface area contributed by atoms with Gasteiger partial charge in [0.1, 0.15) is 12.0 Å². The van der Waals surface area contributed by atoms with E-state index in [2.05, 4.69) is 15.3 Å². The van der Waals surface area contributed by atoms with Crippen molar-refractivity contribution in [3.05, 3.63) is 94.8 Å². The second kappa shape index (κ2) is 9.59. The number of benzene rings is 2. The number of nitrogens with zero attached hydrogens (tertiary/aromatic N) is 6. The third-order valence-electron chi connectivity index (χ3n) is 6.88. The molecule has 0 bridgehead atoms. The van der Waals surface area contributed by atoms with E-state index in [1.165, 1.54) is 41.3 Å². The highest BCUT2D eigenvalue weighted by Crippen LogP contribution is 2.36. The number of amides is 1. The number of rotatable bonds is 5. The summed E-state index contributed by atoms with van der Waals surface area (Å²) in [7, 11) is 0. The quantitative estimate of drug-likeness (QED) is 0.344. The Bertz CT molecular complexity index is 1710. The van der Waals surface area contributed by atoms with E-state index < -0.39 is 41.0 Å². The van der Waals surface area contributed by atoms with Gasteiger partial charge < -0.3 is 9.47 Å². The van der Waals surface area contributed by atoms with Crippen molar-refractivity contribution in [2.45, 2.75) is 25.8 Å². The number of hydroxylamine groups is 1. The van der Waals surface area contributed by atoms with E-state index in [1.54, 1.807) is 0 Å². The summed E-state index contributed by atoms with van der Waals surface area (Å²) in [5, 5.41) is 12.2. The molecule has 3 heterocycles. The number of allylic oxidation sites excluding steroid dienone is 4. The third-order valence-corrected chi connectivity index (χ3v) is 6.88. The van der Waals surface area contributed by atoms with E-state index in [4.69, 9.17) is 4.84 Å². The van der Waals surface area contributed by atoms with Gasteiger partial charge in [-0.1, -0.05) is 36.4 Å². The molecule has 0 saturated carbocycles. The van der Waals surface area contributed by atoms with Crippen molar-refractivity contribution in [1.29, 1.82) is 0 Å². The normalized spacial score (nSPS) is 19.3. The van der Waals surface area contributed by atoms with E-state index in [1.807, 2.05) is 22.8 Å². The molecule has 10 nitrogen and oxygen atoms in total. The molecule has 208 valence electrons. The van der Waals surface area contributed by atoms with Crippen molar-refractivity contribution in [3.8, 4) is 0 Å². The lowest BCUT2D eigenvalue weighted by atomic mass is 10.0. The average molecular weight is 567 g/mol. The fraction of sp³-hybridized carbons (Fsp3) is 0.185. The smallest absolute Gasteiger partial charge is 0.329 e. The van der Waals surface area contributed by atoms with Crippen LogP contribution in [0.5, 0.6) is 0 Å². The van der Waals surface area contributed by atoms with Crippen LogP contribution >= 0.6 is 0 Å². The molecule has 1 unspecified atom stereocenters. The molecular weight excluding hydrogens is 548 g/mol. The van der Waals surface area contributed by atoms with E-state index in [0.29, 0.717) is 18.2 Å². The highest BCUT2D eigenvalue weighted by molar-refractivity contribution is 6.37. The Morgan fingerprint density at radius 1 is 1.07 bits per heavy atom. The number of ketones is 1. The number of hydrogen-bond donors (Lipinski definition) is 0. The van der Waals surface area contributed by atoms with Gasteiger partial charge in [-0.05, 0) is 23.3 Å². The lowest BCUT2D eigenvalue weighted by molar-refractivity contribution is -0.237. The second-order valence-electron chi connectivity index (χ2n) is 9.48. The molecule has 0 N–H and O–H groups in total. The first-order valence-electron chi connectivity index (χ1n) is 12.3. The molecule has 0 radical (unpaired) electrons. The Morgan fingerprint density at radius 2 is 1.85 bits per heavy atom. The largest absolute Gasteiger partial charge is 0.497 e. The Hall–Kier alpha value is -4.98. The summed E-state index contributed by atoms with van der Waals surface area (Å²) in [5.74, 6) is -3.47. The maximum absolute atomic E-state index is 15.0. The van der Waals surface area contributed by atoms with Crippen LogP contribution in [0.3, 0.4) is 0 Å². The highest BCUT2D eigenvalue weighted by Gasteiger charge is 2.51. The van der Waals surface area contributed by atoms with Crippen LogP contribution in [0.25, 0.3) is 5.57 Å². The first-order chi connectivity index (χ1) is 19.6. The highest BCUT2D eigenvalue weighted by atomic mass is 19.4. The first-order valence-corrected chi connectivity index (χ1v) is 12.3. The molecule has 14 heteroatoms. The van der Waals surface area contributed by atoms with Gasteiger partial charge in [-0.15, -0.1) is 10.2 Å². The van der Waals surface area contributed by atoms with Gasteiger partial charge in [-0.3, -0.25) is 9.59 Å². The SMILES string of the molecule is O=C1C=N[N+](Cc2ccc(F)c(C(=O)N3CCn4c(nnc4C4=CC=C4)C3)c2)(OC(=O)C(F)(F)F)c2ccccc21. The van der Waals surface area contributed by atoms with Crippen molar-refractivity contribution in [2.24, 2.45) is 5.10 Å². The van der Waals surface area contributed by atoms with Crippen molar-refractivity contribution < 1.29 is 36.8 Å². The van der Waals surface area contributed by atoms with Gasteiger partial charge in [0.05, 0.1) is 17.7 Å². The molecule has 3 aromatic rings. The Balaban J connectivity index is 1.31. The van der Waals surface area contributed by atoms with E-state index in [9.17, 15) is 31.9 Å². The maximum Gasteiger partial charge on any atom is 0.497 e. The van der Waals surface area contributed by atoms with Gasteiger partial charge in [-0.25, -0.2) is 14.0 Å². The van der Waals surface area contributed by atoms with Crippen molar-refractivity contribution in [1.82, 2.24) is 24.4 Å². The number of para-hydroxylation sites is 1. The molecule has 1 amide bonds. The molecule has 2 aliphatic heterocycles. The summed E-state index contributed by atoms with van der Waals surface area (Å²) >= 11 is 0.